The van der Waals surface area contributed by atoms with Gasteiger partial charge in [0, 0.05) is 20.2 Å². The van der Waals surface area contributed by atoms with Gasteiger partial charge < -0.3 is 14.7 Å². The van der Waals surface area contributed by atoms with Gasteiger partial charge in [-0.15, -0.1) is 10.2 Å². The highest BCUT2D eigenvalue weighted by atomic mass is 16.5. The van der Waals surface area contributed by atoms with Crippen molar-refractivity contribution in [3.63, 3.8) is 0 Å². The van der Waals surface area contributed by atoms with E-state index in [2.05, 4.69) is 10.2 Å². The molecule has 0 aliphatic carbocycles. The van der Waals surface area contributed by atoms with Gasteiger partial charge >= 0.3 is 0 Å². The van der Waals surface area contributed by atoms with Crippen LogP contribution in [0.3, 0.4) is 0 Å². The Kier molecular flexibility index (Phi) is 3.09. The zero-order valence-corrected chi connectivity index (χ0v) is 9.66. The maximum atomic E-state index is 9.13. The van der Waals surface area contributed by atoms with Crippen molar-refractivity contribution in [3.05, 3.63) is 36.4 Å². The molecule has 17 heavy (non-hydrogen) atoms. The quantitative estimate of drug-likeness (QED) is 0.876. The van der Waals surface area contributed by atoms with E-state index < -0.39 is 0 Å². The number of ether oxygens (including phenoxy) is 1. The summed E-state index contributed by atoms with van der Waals surface area (Å²) in [5.74, 6) is 1.99. The molecular weight excluding hydrogens is 218 g/mol. The van der Waals surface area contributed by atoms with Crippen molar-refractivity contribution in [1.29, 1.82) is 0 Å². The van der Waals surface area contributed by atoms with Crippen LogP contribution in [0.1, 0.15) is 0 Å². The van der Waals surface area contributed by atoms with Gasteiger partial charge in [0.1, 0.15) is 11.5 Å². The Morgan fingerprint density at radius 2 is 1.71 bits per heavy atom. The fourth-order valence-electron chi connectivity index (χ4n) is 1.24. The van der Waals surface area contributed by atoms with Crippen LogP contribution in [0, 0.1) is 0 Å². The number of aromatic hydroxyl groups is 1. The molecule has 0 spiro atoms. The average molecular weight is 231 g/mol. The molecule has 1 heterocycles. The van der Waals surface area contributed by atoms with Crippen LogP contribution < -0.4 is 9.64 Å². The van der Waals surface area contributed by atoms with Crippen molar-refractivity contribution in [1.82, 2.24) is 10.2 Å². The Morgan fingerprint density at radius 3 is 2.24 bits per heavy atom. The van der Waals surface area contributed by atoms with Crippen molar-refractivity contribution in [2.75, 3.05) is 19.0 Å². The number of phenols is 1. The number of phenolic OH excluding ortho intramolecular Hbond substituents is 1. The van der Waals surface area contributed by atoms with E-state index in [9.17, 15) is 0 Å². The highest BCUT2D eigenvalue weighted by Crippen LogP contribution is 2.21. The standard InChI is InChI=1S/C12H13N3O2/c1-15(2)11-7-8-12(14-13-11)17-10-5-3-9(16)4-6-10/h3-8,16H,1-2H3. The summed E-state index contributed by atoms with van der Waals surface area (Å²) in [6, 6.07) is 10.00. The summed E-state index contributed by atoms with van der Waals surface area (Å²) >= 11 is 0. The first-order valence-corrected chi connectivity index (χ1v) is 5.13. The molecule has 0 saturated heterocycles. The van der Waals surface area contributed by atoms with E-state index in [4.69, 9.17) is 9.84 Å². The van der Waals surface area contributed by atoms with Crippen LogP contribution in [0.25, 0.3) is 0 Å². The molecule has 1 N–H and O–H groups in total. The van der Waals surface area contributed by atoms with E-state index in [0.717, 1.165) is 5.82 Å². The molecule has 0 atom stereocenters. The minimum atomic E-state index is 0.200. The van der Waals surface area contributed by atoms with E-state index >= 15 is 0 Å². The predicted octanol–water partition coefficient (Wildman–Crippen LogP) is 2.04. The van der Waals surface area contributed by atoms with E-state index in [-0.39, 0.29) is 5.75 Å². The van der Waals surface area contributed by atoms with Gasteiger partial charge in [0.2, 0.25) is 5.88 Å². The van der Waals surface area contributed by atoms with Gasteiger partial charge in [-0.05, 0) is 30.3 Å². The van der Waals surface area contributed by atoms with Gasteiger partial charge in [0.15, 0.2) is 5.82 Å². The maximum Gasteiger partial charge on any atom is 0.238 e. The fraction of sp³-hybridized carbons (Fsp3) is 0.167. The molecule has 2 aromatic rings. The Labute approximate surface area is 99.3 Å². The minimum absolute atomic E-state index is 0.200. The van der Waals surface area contributed by atoms with Crippen LogP contribution in [-0.2, 0) is 0 Å². The van der Waals surface area contributed by atoms with Crippen molar-refractivity contribution in [2.45, 2.75) is 0 Å². The van der Waals surface area contributed by atoms with E-state index in [1.54, 1.807) is 30.3 Å². The molecule has 5 nitrogen and oxygen atoms in total. The summed E-state index contributed by atoms with van der Waals surface area (Å²) in [6.45, 7) is 0. The van der Waals surface area contributed by atoms with Crippen molar-refractivity contribution in [3.8, 4) is 17.4 Å². The number of anilines is 1. The first-order chi connectivity index (χ1) is 8.15. The topological polar surface area (TPSA) is 58.5 Å². The minimum Gasteiger partial charge on any atom is -0.508 e. The summed E-state index contributed by atoms with van der Waals surface area (Å²) in [5, 5.41) is 17.1. The Hall–Kier alpha value is -2.30. The number of hydrogen-bond acceptors (Lipinski definition) is 5. The first-order valence-electron chi connectivity index (χ1n) is 5.13. The van der Waals surface area contributed by atoms with E-state index in [1.807, 2.05) is 25.1 Å². The van der Waals surface area contributed by atoms with Crippen LogP contribution in [0.4, 0.5) is 5.82 Å². The lowest BCUT2D eigenvalue weighted by atomic mass is 10.3. The van der Waals surface area contributed by atoms with Gasteiger partial charge in [-0.25, -0.2) is 0 Å². The molecule has 5 heteroatoms. The second kappa shape index (κ2) is 4.69. The largest absolute Gasteiger partial charge is 0.508 e. The predicted molar refractivity (Wildman–Crippen MR) is 64.5 cm³/mol. The van der Waals surface area contributed by atoms with Crippen molar-refractivity contribution < 1.29 is 9.84 Å². The number of rotatable bonds is 3. The lowest BCUT2D eigenvalue weighted by molar-refractivity contribution is 0.448. The first kappa shape index (κ1) is 11.2. The average Bonchev–Trinajstić information content (AvgIpc) is 2.33. The second-order valence-corrected chi connectivity index (χ2v) is 3.72. The maximum absolute atomic E-state index is 9.13. The summed E-state index contributed by atoms with van der Waals surface area (Å²) in [7, 11) is 3.79. The third-order valence-corrected chi connectivity index (χ3v) is 2.14. The highest BCUT2D eigenvalue weighted by molar-refractivity contribution is 5.37. The van der Waals surface area contributed by atoms with Crippen LogP contribution in [0.5, 0.6) is 17.4 Å². The molecular formula is C12H13N3O2. The SMILES string of the molecule is CN(C)c1ccc(Oc2ccc(O)cc2)nn1. The highest BCUT2D eigenvalue weighted by Gasteiger charge is 2.01. The monoisotopic (exact) mass is 231 g/mol. The van der Waals surface area contributed by atoms with Gasteiger partial charge in [0.25, 0.3) is 0 Å². The lowest BCUT2D eigenvalue weighted by Crippen LogP contribution is -2.11. The number of hydrogen-bond donors (Lipinski definition) is 1. The normalized spacial score (nSPS) is 10.0. The molecule has 0 unspecified atom stereocenters. The van der Waals surface area contributed by atoms with Crippen LogP contribution in [-0.4, -0.2) is 29.4 Å². The van der Waals surface area contributed by atoms with Gasteiger partial charge in [-0.3, -0.25) is 0 Å². The van der Waals surface area contributed by atoms with E-state index in [0.29, 0.717) is 11.6 Å². The summed E-state index contributed by atoms with van der Waals surface area (Å²) in [6.07, 6.45) is 0. The Bertz CT molecular complexity index is 480. The molecule has 88 valence electrons. The molecule has 2 rings (SSSR count). The van der Waals surface area contributed by atoms with E-state index in [1.165, 1.54) is 0 Å². The lowest BCUT2D eigenvalue weighted by Gasteiger charge is -2.10. The number of benzene rings is 1. The Balaban J connectivity index is 2.11. The molecule has 0 saturated carbocycles. The number of aromatic nitrogens is 2. The number of nitrogens with zero attached hydrogens (tertiary/aromatic N) is 3. The molecule has 0 amide bonds. The molecule has 1 aromatic carbocycles. The van der Waals surface area contributed by atoms with Crippen molar-refractivity contribution >= 4 is 5.82 Å². The smallest absolute Gasteiger partial charge is 0.238 e. The second-order valence-electron chi connectivity index (χ2n) is 3.72. The zero-order chi connectivity index (χ0) is 12.3. The van der Waals surface area contributed by atoms with Crippen molar-refractivity contribution in [2.24, 2.45) is 0 Å². The molecule has 0 radical (unpaired) electrons. The summed E-state index contributed by atoms with van der Waals surface area (Å²) < 4.78 is 5.46. The molecule has 0 aliphatic heterocycles. The van der Waals surface area contributed by atoms with Crippen LogP contribution >= 0.6 is 0 Å². The third-order valence-electron chi connectivity index (χ3n) is 2.14. The Morgan fingerprint density at radius 1 is 1.00 bits per heavy atom. The van der Waals surface area contributed by atoms with Gasteiger partial charge in [-0.2, -0.15) is 0 Å². The van der Waals surface area contributed by atoms with Gasteiger partial charge in [-0.1, -0.05) is 0 Å². The third kappa shape index (κ3) is 2.84. The summed E-state index contributed by atoms with van der Waals surface area (Å²) in [4.78, 5) is 1.86. The molecule has 0 bridgehead atoms. The van der Waals surface area contributed by atoms with Crippen LogP contribution in [0.2, 0.25) is 0 Å². The fourth-order valence-corrected chi connectivity index (χ4v) is 1.24. The molecule has 0 fully saturated rings. The van der Waals surface area contributed by atoms with Gasteiger partial charge in [0.05, 0.1) is 0 Å². The molecule has 0 aliphatic rings. The van der Waals surface area contributed by atoms with Crippen LogP contribution in [0.15, 0.2) is 36.4 Å². The molecule has 1 aromatic heterocycles. The zero-order valence-electron chi connectivity index (χ0n) is 9.66. The summed E-state index contributed by atoms with van der Waals surface area (Å²) in [5.41, 5.74) is 0.